The Balaban J connectivity index is 1.54. The Morgan fingerprint density at radius 1 is 1.32 bits per heavy atom. The number of carbonyl (C=O) groups excluding carboxylic acids is 1. The highest BCUT2D eigenvalue weighted by Crippen LogP contribution is 2.20. The lowest BCUT2D eigenvalue weighted by atomic mass is 10.1. The molecule has 3 aromatic rings. The summed E-state index contributed by atoms with van der Waals surface area (Å²) >= 11 is 0. The molecule has 0 bridgehead atoms. The first-order valence-electron chi connectivity index (χ1n) is 8.38. The van der Waals surface area contributed by atoms with Crippen molar-refractivity contribution >= 4 is 11.6 Å². The van der Waals surface area contributed by atoms with E-state index in [1.807, 2.05) is 40.6 Å². The van der Waals surface area contributed by atoms with Gasteiger partial charge in [-0.3, -0.25) is 14.2 Å². The van der Waals surface area contributed by atoms with Gasteiger partial charge in [-0.05, 0) is 31.9 Å². The largest absolute Gasteiger partial charge is 0.471 e. The monoisotopic (exact) mass is 337 g/mol. The lowest BCUT2D eigenvalue weighted by molar-refractivity contribution is 0.0520. The topological polar surface area (TPSA) is 72.6 Å². The van der Waals surface area contributed by atoms with E-state index in [-0.39, 0.29) is 12.0 Å². The summed E-state index contributed by atoms with van der Waals surface area (Å²) < 4.78 is 7.73. The Bertz CT molecular complexity index is 893. The zero-order valence-corrected chi connectivity index (χ0v) is 14.0. The number of ether oxygens (including phenoxy) is 1. The van der Waals surface area contributed by atoms with Crippen molar-refractivity contribution < 1.29 is 9.53 Å². The number of aromatic nitrogens is 4. The van der Waals surface area contributed by atoms with E-state index in [1.165, 1.54) is 0 Å². The quantitative estimate of drug-likeness (QED) is 0.732. The number of amides is 1. The van der Waals surface area contributed by atoms with Gasteiger partial charge >= 0.3 is 0 Å². The van der Waals surface area contributed by atoms with Crippen molar-refractivity contribution in [3.63, 3.8) is 0 Å². The predicted molar refractivity (Wildman–Crippen MR) is 91.5 cm³/mol. The van der Waals surface area contributed by atoms with E-state index in [4.69, 9.17) is 4.74 Å². The average molecular weight is 337 g/mol. The lowest BCUT2D eigenvalue weighted by Crippen LogP contribution is -2.45. The van der Waals surface area contributed by atoms with Crippen LogP contribution in [0.4, 0.5) is 0 Å². The highest BCUT2D eigenvalue weighted by molar-refractivity contribution is 5.94. The van der Waals surface area contributed by atoms with Crippen LogP contribution in [0.1, 0.15) is 29.0 Å². The van der Waals surface area contributed by atoms with Crippen molar-refractivity contribution in [1.82, 2.24) is 24.3 Å². The second-order valence-corrected chi connectivity index (χ2v) is 6.15. The fourth-order valence-electron chi connectivity index (χ4n) is 3.26. The first kappa shape index (κ1) is 15.6. The smallest absolute Gasteiger partial charge is 0.272 e. The number of fused-ring (bicyclic) bond motifs is 1. The number of hydrogen-bond acceptors (Lipinski definition) is 5. The van der Waals surface area contributed by atoms with Crippen molar-refractivity contribution in [2.45, 2.75) is 25.9 Å². The SMILES string of the molecule is Cc1nc2ccccn2c1C(=O)N1CCCC(Oc2cnccn2)C1. The van der Waals surface area contributed by atoms with Gasteiger partial charge in [0.1, 0.15) is 17.4 Å². The van der Waals surface area contributed by atoms with Crippen molar-refractivity contribution in [3.8, 4) is 5.88 Å². The summed E-state index contributed by atoms with van der Waals surface area (Å²) in [5.41, 5.74) is 2.15. The molecular weight excluding hydrogens is 318 g/mol. The summed E-state index contributed by atoms with van der Waals surface area (Å²) in [5, 5.41) is 0. The molecule has 0 radical (unpaired) electrons. The Labute approximate surface area is 145 Å². The highest BCUT2D eigenvalue weighted by Gasteiger charge is 2.28. The summed E-state index contributed by atoms with van der Waals surface area (Å²) in [6.45, 7) is 3.13. The summed E-state index contributed by atoms with van der Waals surface area (Å²) in [6.07, 6.45) is 8.39. The van der Waals surface area contributed by atoms with Gasteiger partial charge < -0.3 is 9.64 Å². The van der Waals surface area contributed by atoms with Gasteiger partial charge in [0.15, 0.2) is 0 Å². The minimum Gasteiger partial charge on any atom is -0.471 e. The summed E-state index contributed by atoms with van der Waals surface area (Å²) in [7, 11) is 0. The molecule has 1 aliphatic rings. The maximum absolute atomic E-state index is 13.1. The molecule has 1 aliphatic heterocycles. The average Bonchev–Trinajstić information content (AvgIpc) is 2.98. The van der Waals surface area contributed by atoms with Crippen molar-refractivity contribution in [3.05, 3.63) is 54.4 Å². The van der Waals surface area contributed by atoms with Gasteiger partial charge in [0.2, 0.25) is 5.88 Å². The van der Waals surface area contributed by atoms with Crippen LogP contribution in [0.25, 0.3) is 5.65 Å². The molecule has 1 saturated heterocycles. The second-order valence-electron chi connectivity index (χ2n) is 6.15. The molecule has 1 fully saturated rings. The standard InChI is InChI=1S/C18H19N5O2/c1-13-17(23-10-3-2-6-15(23)21-13)18(24)22-9-4-5-14(12-22)25-16-11-19-7-8-20-16/h2-3,6-8,10-11,14H,4-5,9,12H2,1H3. The number of piperidine rings is 1. The van der Waals surface area contributed by atoms with E-state index < -0.39 is 0 Å². The number of hydrogen-bond donors (Lipinski definition) is 0. The molecule has 1 atom stereocenters. The molecule has 0 saturated carbocycles. The number of rotatable bonds is 3. The fourth-order valence-corrected chi connectivity index (χ4v) is 3.26. The molecule has 25 heavy (non-hydrogen) atoms. The van der Waals surface area contributed by atoms with E-state index in [9.17, 15) is 4.79 Å². The Morgan fingerprint density at radius 2 is 2.24 bits per heavy atom. The minimum absolute atomic E-state index is 0.0105. The maximum Gasteiger partial charge on any atom is 0.272 e. The van der Waals surface area contributed by atoms with Gasteiger partial charge in [0.25, 0.3) is 5.91 Å². The van der Waals surface area contributed by atoms with Crippen LogP contribution in [0.3, 0.4) is 0 Å². The van der Waals surface area contributed by atoms with Crippen LogP contribution in [0, 0.1) is 6.92 Å². The van der Waals surface area contributed by atoms with Crippen molar-refractivity contribution in [2.24, 2.45) is 0 Å². The van der Waals surface area contributed by atoms with Crippen molar-refractivity contribution in [2.75, 3.05) is 13.1 Å². The molecule has 1 amide bonds. The second kappa shape index (κ2) is 6.51. The number of likely N-dealkylation sites (tertiary alicyclic amines) is 1. The molecule has 4 rings (SSSR count). The Kier molecular flexibility index (Phi) is 4.05. The van der Waals surface area contributed by atoms with Crippen LogP contribution in [0.15, 0.2) is 43.0 Å². The molecule has 7 nitrogen and oxygen atoms in total. The first-order valence-corrected chi connectivity index (χ1v) is 8.38. The van der Waals surface area contributed by atoms with Gasteiger partial charge in [-0.1, -0.05) is 6.07 Å². The van der Waals surface area contributed by atoms with Crippen LogP contribution in [0.2, 0.25) is 0 Å². The third-order valence-corrected chi connectivity index (χ3v) is 4.40. The zero-order chi connectivity index (χ0) is 17.2. The van der Waals surface area contributed by atoms with Crippen LogP contribution in [-0.2, 0) is 0 Å². The minimum atomic E-state index is -0.0751. The maximum atomic E-state index is 13.1. The molecule has 128 valence electrons. The number of nitrogens with zero attached hydrogens (tertiary/aromatic N) is 5. The van der Waals surface area contributed by atoms with Gasteiger partial charge in [-0.25, -0.2) is 9.97 Å². The van der Waals surface area contributed by atoms with Gasteiger partial charge in [0.05, 0.1) is 18.4 Å². The number of carbonyl (C=O) groups is 1. The normalized spacial score (nSPS) is 17.6. The van der Waals surface area contributed by atoms with Crippen LogP contribution in [0.5, 0.6) is 5.88 Å². The molecule has 1 unspecified atom stereocenters. The van der Waals surface area contributed by atoms with Gasteiger partial charge in [-0.2, -0.15) is 0 Å². The number of pyridine rings is 1. The van der Waals surface area contributed by atoms with E-state index in [0.717, 1.165) is 30.7 Å². The third kappa shape index (κ3) is 3.05. The molecule has 0 aromatic carbocycles. The molecule has 0 aliphatic carbocycles. The molecule has 0 N–H and O–H groups in total. The van der Waals surface area contributed by atoms with Crippen molar-refractivity contribution in [1.29, 1.82) is 0 Å². The summed E-state index contributed by atoms with van der Waals surface area (Å²) in [4.78, 5) is 27.6. The number of imidazole rings is 1. The van der Waals surface area contributed by atoms with E-state index in [0.29, 0.717) is 18.1 Å². The molecule has 7 heteroatoms. The molecule has 0 spiro atoms. The Morgan fingerprint density at radius 3 is 3.08 bits per heavy atom. The van der Waals surface area contributed by atoms with Crippen LogP contribution < -0.4 is 4.74 Å². The van der Waals surface area contributed by atoms with Gasteiger partial charge in [-0.15, -0.1) is 0 Å². The molecular formula is C18H19N5O2. The van der Waals surface area contributed by atoms with E-state index in [2.05, 4.69) is 15.0 Å². The molecule has 4 heterocycles. The van der Waals surface area contributed by atoms with E-state index >= 15 is 0 Å². The Hall–Kier alpha value is -2.96. The molecule has 3 aromatic heterocycles. The van der Waals surface area contributed by atoms with Crippen LogP contribution >= 0.6 is 0 Å². The number of aryl methyl sites for hydroxylation is 1. The van der Waals surface area contributed by atoms with E-state index in [1.54, 1.807) is 18.6 Å². The highest BCUT2D eigenvalue weighted by atomic mass is 16.5. The van der Waals surface area contributed by atoms with Crippen LogP contribution in [-0.4, -0.2) is 49.4 Å². The fraction of sp³-hybridized carbons (Fsp3) is 0.333. The zero-order valence-electron chi connectivity index (χ0n) is 14.0. The van der Waals surface area contributed by atoms with Gasteiger partial charge in [0, 0.05) is 25.1 Å². The first-order chi connectivity index (χ1) is 12.2. The summed E-state index contributed by atoms with van der Waals surface area (Å²) in [5.74, 6) is 0.483. The summed E-state index contributed by atoms with van der Waals surface area (Å²) in [6, 6.07) is 5.72. The third-order valence-electron chi connectivity index (χ3n) is 4.40. The lowest BCUT2D eigenvalue weighted by Gasteiger charge is -2.32. The predicted octanol–water partition coefficient (Wildman–Crippen LogP) is 2.12.